The van der Waals surface area contributed by atoms with E-state index in [0.717, 1.165) is 17.7 Å². The predicted molar refractivity (Wildman–Crippen MR) is 116 cm³/mol. The van der Waals surface area contributed by atoms with Crippen LogP contribution >= 0.6 is 0 Å². The maximum Gasteiger partial charge on any atom is 0.417 e. The van der Waals surface area contributed by atoms with Crippen molar-refractivity contribution in [2.45, 2.75) is 30.9 Å². The van der Waals surface area contributed by atoms with Crippen molar-refractivity contribution in [3.63, 3.8) is 0 Å². The Morgan fingerprint density at radius 3 is 2.44 bits per heavy atom. The number of Topliss-reactive ketones (excluding diaryl/α,β-unsaturated/α-hetero) is 1. The number of carbonyl (C=O) groups is 1. The van der Waals surface area contributed by atoms with Crippen molar-refractivity contribution in [2.75, 3.05) is 13.9 Å². The van der Waals surface area contributed by atoms with Crippen molar-refractivity contribution >= 4 is 5.78 Å². The lowest BCUT2D eigenvalue weighted by Crippen LogP contribution is -2.22. The SMILES string of the molecule is COc1ccc(-c2cc(CC(=O)C3(c4ccc5c(c4)OCO5)CC3)ccc2C(F)(F)F)cc1F. The zero-order valence-electron chi connectivity index (χ0n) is 18.2. The van der Waals surface area contributed by atoms with Gasteiger partial charge in [-0.2, -0.15) is 13.2 Å². The normalized spacial score (nSPS) is 15.8. The first kappa shape index (κ1) is 22.3. The summed E-state index contributed by atoms with van der Waals surface area (Å²) in [6, 6.07) is 12.6. The third-order valence-corrected chi connectivity index (χ3v) is 6.43. The molecule has 2 aliphatic rings. The molecular weight excluding hydrogens is 452 g/mol. The molecule has 4 nitrogen and oxygen atoms in total. The Kier molecular flexibility index (Phi) is 5.26. The summed E-state index contributed by atoms with van der Waals surface area (Å²) in [5.74, 6) is 0.274. The molecule has 0 saturated heterocycles. The summed E-state index contributed by atoms with van der Waals surface area (Å²) in [5, 5.41) is 0. The summed E-state index contributed by atoms with van der Waals surface area (Å²) in [6.07, 6.45) is -3.37. The van der Waals surface area contributed by atoms with Gasteiger partial charge < -0.3 is 14.2 Å². The second-order valence-electron chi connectivity index (χ2n) is 8.48. The number of alkyl halides is 3. The molecule has 3 aromatic rings. The van der Waals surface area contributed by atoms with Gasteiger partial charge in [-0.25, -0.2) is 4.39 Å². The lowest BCUT2D eigenvalue weighted by Gasteiger charge is -2.18. The quantitative estimate of drug-likeness (QED) is 0.407. The predicted octanol–water partition coefficient (Wildman–Crippen LogP) is 6.09. The number of benzene rings is 3. The first-order chi connectivity index (χ1) is 16.2. The van der Waals surface area contributed by atoms with Gasteiger partial charge in [0, 0.05) is 6.42 Å². The van der Waals surface area contributed by atoms with Gasteiger partial charge in [0.05, 0.1) is 18.1 Å². The number of methoxy groups -OCH3 is 1. The fourth-order valence-electron chi connectivity index (χ4n) is 4.42. The third kappa shape index (κ3) is 3.87. The molecule has 34 heavy (non-hydrogen) atoms. The zero-order chi connectivity index (χ0) is 24.1. The molecular formula is C26H20F4O4. The van der Waals surface area contributed by atoms with Crippen molar-refractivity contribution in [3.05, 3.63) is 77.1 Å². The lowest BCUT2D eigenvalue weighted by atomic mass is 9.86. The smallest absolute Gasteiger partial charge is 0.417 e. The van der Waals surface area contributed by atoms with Crippen LogP contribution in [0.1, 0.15) is 29.5 Å². The van der Waals surface area contributed by atoms with Gasteiger partial charge in [0.2, 0.25) is 6.79 Å². The van der Waals surface area contributed by atoms with E-state index in [1.807, 2.05) is 6.07 Å². The van der Waals surface area contributed by atoms with E-state index >= 15 is 0 Å². The summed E-state index contributed by atoms with van der Waals surface area (Å²) in [7, 11) is 1.28. The topological polar surface area (TPSA) is 44.8 Å². The number of hydrogen-bond donors (Lipinski definition) is 0. The summed E-state index contributed by atoms with van der Waals surface area (Å²) < 4.78 is 70.9. The molecule has 1 fully saturated rings. The summed E-state index contributed by atoms with van der Waals surface area (Å²) in [4.78, 5) is 13.3. The first-order valence-electron chi connectivity index (χ1n) is 10.7. The molecule has 0 N–H and O–H groups in total. The van der Waals surface area contributed by atoms with Crippen LogP contribution in [0.2, 0.25) is 0 Å². The molecule has 0 atom stereocenters. The highest BCUT2D eigenvalue weighted by atomic mass is 19.4. The van der Waals surface area contributed by atoms with Crippen LogP contribution in [0.4, 0.5) is 17.6 Å². The minimum atomic E-state index is -4.64. The average molecular weight is 472 g/mol. The van der Waals surface area contributed by atoms with Crippen LogP contribution < -0.4 is 14.2 Å². The van der Waals surface area contributed by atoms with Crippen LogP contribution in [-0.4, -0.2) is 19.7 Å². The molecule has 1 heterocycles. The number of carbonyl (C=O) groups excluding carboxylic acids is 1. The maximum atomic E-state index is 14.2. The number of halogens is 4. The van der Waals surface area contributed by atoms with Crippen LogP contribution in [0.3, 0.4) is 0 Å². The van der Waals surface area contributed by atoms with E-state index in [0.29, 0.717) is 29.9 Å². The van der Waals surface area contributed by atoms with E-state index < -0.39 is 23.0 Å². The van der Waals surface area contributed by atoms with E-state index in [-0.39, 0.29) is 35.9 Å². The van der Waals surface area contributed by atoms with Gasteiger partial charge in [-0.3, -0.25) is 4.79 Å². The number of fused-ring (bicyclic) bond motifs is 1. The molecule has 0 unspecified atom stereocenters. The first-order valence-corrected chi connectivity index (χ1v) is 10.7. The Labute approximate surface area is 193 Å². The van der Waals surface area contributed by atoms with E-state index in [1.54, 1.807) is 12.1 Å². The fraction of sp³-hybridized carbons (Fsp3) is 0.269. The van der Waals surface area contributed by atoms with E-state index in [2.05, 4.69) is 0 Å². The van der Waals surface area contributed by atoms with Crippen LogP contribution in [0.5, 0.6) is 17.2 Å². The Morgan fingerprint density at radius 2 is 1.76 bits per heavy atom. The van der Waals surface area contributed by atoms with Gasteiger partial charge in [-0.05, 0) is 65.4 Å². The Hall–Kier alpha value is -3.55. The largest absolute Gasteiger partial charge is 0.494 e. The number of ketones is 1. The van der Waals surface area contributed by atoms with Crippen LogP contribution in [0, 0.1) is 5.82 Å². The lowest BCUT2D eigenvalue weighted by molar-refractivity contribution is -0.137. The van der Waals surface area contributed by atoms with Gasteiger partial charge in [-0.15, -0.1) is 0 Å². The number of rotatable bonds is 6. The standard InChI is InChI=1S/C26H20F4O4/c1-32-21-6-3-16(12-20(21)27)18-10-15(2-5-19(18)26(28,29)30)11-24(31)25(8-9-25)17-4-7-22-23(13-17)34-14-33-22/h2-7,10,12-13H,8-9,11,14H2,1H3. The second kappa shape index (κ2) is 8.04. The molecule has 0 spiro atoms. The van der Waals surface area contributed by atoms with E-state index in [4.69, 9.17) is 14.2 Å². The van der Waals surface area contributed by atoms with Gasteiger partial charge in [-0.1, -0.05) is 24.3 Å². The van der Waals surface area contributed by atoms with Crippen LogP contribution in [-0.2, 0) is 22.8 Å². The average Bonchev–Trinajstić information content (AvgIpc) is 3.49. The summed E-state index contributed by atoms with van der Waals surface area (Å²) in [6.45, 7) is 0.125. The van der Waals surface area contributed by atoms with Gasteiger partial charge in [0.15, 0.2) is 23.1 Å². The summed E-state index contributed by atoms with van der Waals surface area (Å²) >= 11 is 0. The Bertz CT molecular complexity index is 1280. The molecule has 176 valence electrons. The molecule has 1 aliphatic heterocycles. The monoisotopic (exact) mass is 472 g/mol. The van der Waals surface area contributed by atoms with E-state index in [9.17, 15) is 22.4 Å². The molecule has 0 bridgehead atoms. The van der Waals surface area contributed by atoms with E-state index in [1.165, 1.54) is 31.4 Å². The van der Waals surface area contributed by atoms with Crippen molar-refractivity contribution in [2.24, 2.45) is 0 Å². The highest BCUT2D eigenvalue weighted by molar-refractivity contribution is 5.95. The number of hydrogen-bond acceptors (Lipinski definition) is 4. The van der Waals surface area contributed by atoms with Gasteiger partial charge in [0.1, 0.15) is 5.78 Å². The third-order valence-electron chi connectivity index (χ3n) is 6.43. The second-order valence-corrected chi connectivity index (χ2v) is 8.48. The highest BCUT2D eigenvalue weighted by Crippen LogP contribution is 2.51. The number of ether oxygens (including phenoxy) is 3. The molecule has 3 aromatic carbocycles. The van der Waals surface area contributed by atoms with Crippen LogP contribution in [0.15, 0.2) is 54.6 Å². The minimum absolute atomic E-state index is 0.0434. The Morgan fingerprint density at radius 1 is 1.00 bits per heavy atom. The Balaban J connectivity index is 1.47. The zero-order valence-corrected chi connectivity index (χ0v) is 18.2. The fourth-order valence-corrected chi connectivity index (χ4v) is 4.42. The summed E-state index contributed by atoms with van der Waals surface area (Å²) in [5.41, 5.74) is -0.479. The molecule has 1 aliphatic carbocycles. The van der Waals surface area contributed by atoms with Crippen LogP contribution in [0.25, 0.3) is 11.1 Å². The molecule has 0 aromatic heterocycles. The molecule has 8 heteroatoms. The molecule has 5 rings (SSSR count). The van der Waals surface area contributed by atoms with Gasteiger partial charge in [0.25, 0.3) is 0 Å². The highest BCUT2D eigenvalue weighted by Gasteiger charge is 2.50. The van der Waals surface area contributed by atoms with Crippen molar-refractivity contribution < 1.29 is 36.6 Å². The molecule has 0 radical (unpaired) electrons. The van der Waals surface area contributed by atoms with Crippen molar-refractivity contribution in [1.82, 2.24) is 0 Å². The molecule has 1 saturated carbocycles. The van der Waals surface area contributed by atoms with Gasteiger partial charge >= 0.3 is 6.18 Å². The van der Waals surface area contributed by atoms with Crippen molar-refractivity contribution in [3.8, 4) is 28.4 Å². The maximum absolute atomic E-state index is 14.2. The van der Waals surface area contributed by atoms with Crippen molar-refractivity contribution in [1.29, 1.82) is 0 Å². The minimum Gasteiger partial charge on any atom is -0.494 e. The molecule has 0 amide bonds.